The van der Waals surface area contributed by atoms with Crippen LogP contribution in [0.2, 0.25) is 0 Å². The van der Waals surface area contributed by atoms with Crippen molar-refractivity contribution in [3.63, 3.8) is 0 Å². The first kappa shape index (κ1) is 20.4. The Bertz CT molecular complexity index is 695. The van der Waals surface area contributed by atoms with Gasteiger partial charge in [0, 0.05) is 37.2 Å². The monoisotopic (exact) mass is 377 g/mol. The van der Waals surface area contributed by atoms with Crippen LogP contribution in [0.1, 0.15) is 27.7 Å². The molecule has 0 aromatic carbocycles. The highest BCUT2D eigenvalue weighted by molar-refractivity contribution is 7.99. The molecule has 0 bridgehead atoms. The van der Waals surface area contributed by atoms with Crippen LogP contribution in [0, 0.1) is 0 Å². The van der Waals surface area contributed by atoms with Gasteiger partial charge in [0.25, 0.3) is 0 Å². The fraction of sp³-hybridized carbons (Fsp3) is 0.556. The van der Waals surface area contributed by atoms with Crippen molar-refractivity contribution in [2.75, 3.05) is 19.5 Å². The van der Waals surface area contributed by atoms with Gasteiger partial charge in [0.15, 0.2) is 11.0 Å². The minimum atomic E-state index is 0.103. The molecule has 0 atom stereocenters. The number of hydrogen-bond acceptors (Lipinski definition) is 6. The van der Waals surface area contributed by atoms with Gasteiger partial charge in [0.1, 0.15) is 0 Å². The van der Waals surface area contributed by atoms with Crippen molar-refractivity contribution in [3.8, 4) is 11.4 Å². The molecule has 0 saturated carbocycles. The van der Waals surface area contributed by atoms with E-state index in [1.165, 1.54) is 11.8 Å². The van der Waals surface area contributed by atoms with Crippen molar-refractivity contribution < 1.29 is 9.53 Å². The minimum Gasteiger partial charge on any atom is -0.383 e. The van der Waals surface area contributed by atoms with E-state index in [-0.39, 0.29) is 18.0 Å². The molecule has 8 heteroatoms. The Labute approximate surface area is 159 Å². The molecule has 0 aliphatic carbocycles. The maximum Gasteiger partial charge on any atom is 0.233 e. The van der Waals surface area contributed by atoms with Crippen LogP contribution < -0.4 is 0 Å². The highest BCUT2D eigenvalue weighted by Gasteiger charge is 2.22. The zero-order chi connectivity index (χ0) is 19.1. The summed E-state index contributed by atoms with van der Waals surface area (Å²) >= 11 is 1.41. The normalized spacial score (nSPS) is 11.3. The molecular weight excluding hydrogens is 350 g/mol. The van der Waals surface area contributed by atoms with Gasteiger partial charge in [0.2, 0.25) is 5.91 Å². The van der Waals surface area contributed by atoms with E-state index >= 15 is 0 Å². The van der Waals surface area contributed by atoms with Crippen LogP contribution in [-0.4, -0.2) is 62.1 Å². The molecule has 0 saturated heterocycles. The largest absolute Gasteiger partial charge is 0.383 e. The molecule has 142 valence electrons. The number of methoxy groups -OCH3 is 1. The SMILES string of the molecule is COCCn1c(SCC(=O)N(C(C)C)C(C)C)nnc1-c1ccncc1. The van der Waals surface area contributed by atoms with E-state index in [9.17, 15) is 4.79 Å². The first-order valence-electron chi connectivity index (χ1n) is 8.72. The van der Waals surface area contributed by atoms with Crippen molar-refractivity contribution in [2.45, 2.75) is 51.5 Å². The fourth-order valence-corrected chi connectivity index (χ4v) is 3.70. The lowest BCUT2D eigenvalue weighted by atomic mass is 10.2. The predicted octanol–water partition coefficient (Wildman–Crippen LogP) is 2.72. The summed E-state index contributed by atoms with van der Waals surface area (Å²) in [6.07, 6.45) is 3.45. The zero-order valence-corrected chi connectivity index (χ0v) is 16.9. The Balaban J connectivity index is 2.18. The van der Waals surface area contributed by atoms with E-state index in [0.717, 1.165) is 16.5 Å². The van der Waals surface area contributed by atoms with Gasteiger partial charge < -0.3 is 9.64 Å². The van der Waals surface area contributed by atoms with Crippen LogP contribution in [0.15, 0.2) is 29.7 Å². The van der Waals surface area contributed by atoms with Crippen LogP contribution in [0.25, 0.3) is 11.4 Å². The third-order valence-electron chi connectivity index (χ3n) is 3.90. The molecule has 0 aliphatic heterocycles. The number of amides is 1. The van der Waals surface area contributed by atoms with Gasteiger partial charge in [-0.15, -0.1) is 10.2 Å². The third-order valence-corrected chi connectivity index (χ3v) is 4.85. The number of pyridine rings is 1. The first-order chi connectivity index (χ1) is 12.5. The topological polar surface area (TPSA) is 73.1 Å². The first-order valence-corrected chi connectivity index (χ1v) is 9.70. The maximum atomic E-state index is 12.6. The van der Waals surface area contributed by atoms with Gasteiger partial charge in [-0.2, -0.15) is 0 Å². The summed E-state index contributed by atoms with van der Waals surface area (Å²) in [6, 6.07) is 4.13. The van der Waals surface area contributed by atoms with Crippen LogP contribution in [-0.2, 0) is 16.1 Å². The van der Waals surface area contributed by atoms with E-state index in [1.807, 2.05) is 49.3 Å². The summed E-state index contributed by atoms with van der Waals surface area (Å²) in [5.41, 5.74) is 0.938. The molecule has 0 aliphatic rings. The number of carbonyl (C=O) groups excluding carboxylic acids is 1. The van der Waals surface area contributed by atoms with Gasteiger partial charge in [-0.05, 0) is 39.8 Å². The Morgan fingerprint density at radius 1 is 1.19 bits per heavy atom. The summed E-state index contributed by atoms with van der Waals surface area (Å²) in [4.78, 5) is 18.6. The zero-order valence-electron chi connectivity index (χ0n) is 16.0. The second-order valence-electron chi connectivity index (χ2n) is 6.46. The average Bonchev–Trinajstić information content (AvgIpc) is 3.01. The molecule has 0 spiro atoms. The lowest BCUT2D eigenvalue weighted by molar-refractivity contribution is -0.131. The predicted molar refractivity (Wildman–Crippen MR) is 103 cm³/mol. The van der Waals surface area contributed by atoms with Crippen LogP contribution in [0.3, 0.4) is 0 Å². The quantitative estimate of drug-likeness (QED) is 0.626. The summed E-state index contributed by atoms with van der Waals surface area (Å²) in [5, 5.41) is 9.33. The lowest BCUT2D eigenvalue weighted by Crippen LogP contribution is -2.43. The lowest BCUT2D eigenvalue weighted by Gasteiger charge is -2.30. The Hall–Kier alpha value is -1.93. The van der Waals surface area contributed by atoms with Gasteiger partial charge in [-0.25, -0.2) is 0 Å². The van der Waals surface area contributed by atoms with Gasteiger partial charge in [-0.1, -0.05) is 11.8 Å². The molecule has 0 N–H and O–H groups in total. The average molecular weight is 378 g/mol. The molecule has 7 nitrogen and oxygen atoms in total. The molecule has 0 unspecified atom stereocenters. The molecular formula is C18H27N5O2S. The number of ether oxygens (including phenoxy) is 1. The maximum absolute atomic E-state index is 12.6. The number of hydrogen-bond donors (Lipinski definition) is 0. The molecule has 1 amide bonds. The van der Waals surface area contributed by atoms with Crippen molar-refractivity contribution in [1.29, 1.82) is 0 Å². The second kappa shape index (κ2) is 9.68. The molecule has 0 fully saturated rings. The van der Waals surface area contributed by atoms with Crippen molar-refractivity contribution in [1.82, 2.24) is 24.6 Å². The Morgan fingerprint density at radius 2 is 1.85 bits per heavy atom. The molecule has 2 heterocycles. The van der Waals surface area contributed by atoms with E-state index < -0.39 is 0 Å². The molecule has 0 radical (unpaired) electrons. The number of aromatic nitrogens is 4. The smallest absolute Gasteiger partial charge is 0.233 e. The highest BCUT2D eigenvalue weighted by Crippen LogP contribution is 2.24. The van der Waals surface area contributed by atoms with E-state index in [2.05, 4.69) is 15.2 Å². The Kier molecular flexibility index (Phi) is 7.59. The number of rotatable bonds is 9. The van der Waals surface area contributed by atoms with Crippen molar-refractivity contribution in [2.24, 2.45) is 0 Å². The highest BCUT2D eigenvalue weighted by atomic mass is 32.2. The molecule has 2 rings (SSSR count). The van der Waals surface area contributed by atoms with Gasteiger partial charge in [-0.3, -0.25) is 14.3 Å². The summed E-state index contributed by atoms with van der Waals surface area (Å²) < 4.78 is 7.21. The van der Waals surface area contributed by atoms with Crippen LogP contribution in [0.5, 0.6) is 0 Å². The van der Waals surface area contributed by atoms with Gasteiger partial charge >= 0.3 is 0 Å². The summed E-state index contributed by atoms with van der Waals surface area (Å²) in [6.45, 7) is 9.30. The number of carbonyl (C=O) groups is 1. The minimum absolute atomic E-state index is 0.103. The fourth-order valence-electron chi connectivity index (χ4n) is 2.87. The second-order valence-corrected chi connectivity index (χ2v) is 7.41. The van der Waals surface area contributed by atoms with Gasteiger partial charge in [0.05, 0.1) is 18.9 Å². The molecule has 2 aromatic heterocycles. The molecule has 2 aromatic rings. The molecule has 26 heavy (non-hydrogen) atoms. The standard InChI is InChI=1S/C18H27N5O2S/c1-13(2)23(14(3)4)16(24)12-26-18-21-20-17(22(18)10-11-25-5)15-6-8-19-9-7-15/h6-9,13-14H,10-12H2,1-5H3. The number of thioether (sulfide) groups is 1. The summed E-state index contributed by atoms with van der Waals surface area (Å²) in [5.74, 6) is 1.19. The van der Waals surface area contributed by atoms with Crippen molar-refractivity contribution >= 4 is 17.7 Å². The van der Waals surface area contributed by atoms with E-state index in [1.54, 1.807) is 19.5 Å². The summed E-state index contributed by atoms with van der Waals surface area (Å²) in [7, 11) is 1.66. The Morgan fingerprint density at radius 3 is 2.42 bits per heavy atom. The number of nitrogens with zero attached hydrogens (tertiary/aromatic N) is 5. The third kappa shape index (κ3) is 5.04. The van der Waals surface area contributed by atoms with E-state index in [0.29, 0.717) is 18.9 Å². The van der Waals surface area contributed by atoms with E-state index in [4.69, 9.17) is 4.74 Å². The van der Waals surface area contributed by atoms with Crippen molar-refractivity contribution in [3.05, 3.63) is 24.5 Å². The van der Waals surface area contributed by atoms with Crippen LogP contribution >= 0.6 is 11.8 Å². The van der Waals surface area contributed by atoms with Crippen LogP contribution in [0.4, 0.5) is 0 Å².